The van der Waals surface area contributed by atoms with Gasteiger partial charge in [-0.1, -0.05) is 12.1 Å². The fourth-order valence-electron chi connectivity index (χ4n) is 2.47. The van der Waals surface area contributed by atoms with Gasteiger partial charge in [0, 0.05) is 18.8 Å². The predicted octanol–water partition coefficient (Wildman–Crippen LogP) is 3.20. The lowest BCUT2D eigenvalue weighted by atomic mass is 10.2. The Balaban J connectivity index is 1.60. The Morgan fingerprint density at radius 1 is 1.30 bits per heavy atom. The monoisotopic (exact) mass is 385 g/mol. The van der Waals surface area contributed by atoms with Crippen molar-refractivity contribution in [3.8, 4) is 0 Å². The van der Waals surface area contributed by atoms with Crippen molar-refractivity contribution in [2.45, 2.75) is 19.9 Å². The van der Waals surface area contributed by atoms with Gasteiger partial charge in [0.2, 0.25) is 0 Å². The fraction of sp³-hybridized carbons (Fsp3) is 0.263. The average Bonchev–Trinajstić information content (AvgIpc) is 3.31. The highest BCUT2D eigenvalue weighted by atomic mass is 32.1. The van der Waals surface area contributed by atoms with Crippen molar-refractivity contribution in [2.75, 3.05) is 13.7 Å². The number of hydrogen-bond acceptors (Lipinski definition) is 6. The van der Waals surface area contributed by atoms with Crippen molar-refractivity contribution in [2.24, 2.45) is 0 Å². The standard InChI is InChI=1S/C19H19N3O4S/c1-11(18-21-14-6-4-5-7-16(14)27-18)22(3)17(24)10-26-19(25)15-8-13(9-20-15)12(2)23/h4-9,11,20H,10H2,1-3H3/t11-/m0/s1. The second-order valence-electron chi connectivity index (χ2n) is 6.13. The number of ether oxygens (including phenoxy) is 1. The SMILES string of the molecule is CC(=O)c1c[nH]c(C(=O)OCC(=O)N(C)[C@@H](C)c2nc3ccccc3s2)c1. The van der Waals surface area contributed by atoms with E-state index in [9.17, 15) is 14.4 Å². The third-order valence-electron chi connectivity index (χ3n) is 4.28. The van der Waals surface area contributed by atoms with E-state index >= 15 is 0 Å². The van der Waals surface area contributed by atoms with E-state index in [1.165, 1.54) is 35.4 Å². The Morgan fingerprint density at radius 3 is 2.70 bits per heavy atom. The van der Waals surface area contributed by atoms with Gasteiger partial charge in [-0.05, 0) is 32.0 Å². The highest BCUT2D eigenvalue weighted by Gasteiger charge is 2.22. The topological polar surface area (TPSA) is 92.4 Å². The van der Waals surface area contributed by atoms with E-state index in [0.717, 1.165) is 15.2 Å². The summed E-state index contributed by atoms with van der Waals surface area (Å²) in [5.74, 6) is -1.18. The van der Waals surface area contributed by atoms with Gasteiger partial charge in [-0.25, -0.2) is 9.78 Å². The summed E-state index contributed by atoms with van der Waals surface area (Å²) in [6, 6.07) is 8.94. The molecule has 27 heavy (non-hydrogen) atoms. The number of hydrogen-bond donors (Lipinski definition) is 1. The zero-order chi connectivity index (χ0) is 19.6. The van der Waals surface area contributed by atoms with Gasteiger partial charge in [-0.3, -0.25) is 9.59 Å². The molecule has 3 aromatic rings. The van der Waals surface area contributed by atoms with Crippen LogP contribution in [0.5, 0.6) is 0 Å². The normalized spacial score (nSPS) is 12.0. The number of carbonyl (C=O) groups is 3. The zero-order valence-electron chi connectivity index (χ0n) is 15.2. The summed E-state index contributed by atoms with van der Waals surface area (Å²) >= 11 is 1.53. The molecule has 2 aromatic heterocycles. The Kier molecular flexibility index (Phi) is 5.36. The van der Waals surface area contributed by atoms with Crippen LogP contribution in [0, 0.1) is 0 Å². The first-order valence-corrected chi connectivity index (χ1v) is 9.16. The molecule has 140 valence electrons. The highest BCUT2D eigenvalue weighted by molar-refractivity contribution is 7.18. The van der Waals surface area contributed by atoms with E-state index in [-0.39, 0.29) is 30.0 Å². The number of nitrogens with zero attached hydrogens (tertiary/aromatic N) is 2. The molecule has 1 aromatic carbocycles. The number of aromatic nitrogens is 2. The molecule has 8 heteroatoms. The second-order valence-corrected chi connectivity index (χ2v) is 7.20. The van der Waals surface area contributed by atoms with Gasteiger partial charge in [-0.2, -0.15) is 0 Å². The van der Waals surface area contributed by atoms with Gasteiger partial charge in [0.25, 0.3) is 5.91 Å². The Labute approximate surface area is 160 Å². The first-order valence-electron chi connectivity index (χ1n) is 8.34. The third kappa shape index (κ3) is 4.06. The number of H-pyrrole nitrogens is 1. The van der Waals surface area contributed by atoms with Crippen LogP contribution in [0.15, 0.2) is 36.5 Å². The number of fused-ring (bicyclic) bond motifs is 1. The van der Waals surface area contributed by atoms with Gasteiger partial charge in [0.1, 0.15) is 10.7 Å². The molecule has 1 amide bonds. The molecule has 7 nitrogen and oxygen atoms in total. The molecule has 1 atom stereocenters. The molecular weight excluding hydrogens is 366 g/mol. The number of Topliss-reactive ketones (excluding diaryl/α,β-unsaturated/α-hetero) is 1. The summed E-state index contributed by atoms with van der Waals surface area (Å²) in [4.78, 5) is 44.4. The van der Waals surface area contributed by atoms with E-state index in [0.29, 0.717) is 5.56 Å². The van der Waals surface area contributed by atoms with Crippen molar-refractivity contribution in [1.82, 2.24) is 14.9 Å². The second kappa shape index (κ2) is 7.71. The van der Waals surface area contributed by atoms with Crippen molar-refractivity contribution in [1.29, 1.82) is 0 Å². The molecule has 0 saturated heterocycles. The maximum atomic E-state index is 12.4. The van der Waals surface area contributed by atoms with E-state index < -0.39 is 5.97 Å². The molecule has 0 fully saturated rings. The molecule has 0 aliphatic heterocycles. The summed E-state index contributed by atoms with van der Waals surface area (Å²) < 4.78 is 6.11. The number of esters is 1. The van der Waals surface area contributed by atoms with Gasteiger partial charge in [-0.15, -0.1) is 11.3 Å². The van der Waals surface area contributed by atoms with Crippen LogP contribution in [0.25, 0.3) is 10.2 Å². The lowest BCUT2D eigenvalue weighted by molar-refractivity contribution is -0.135. The number of amides is 1. The van der Waals surface area contributed by atoms with Crippen molar-refractivity contribution in [3.05, 3.63) is 52.8 Å². The summed E-state index contributed by atoms with van der Waals surface area (Å²) in [7, 11) is 1.65. The molecule has 0 unspecified atom stereocenters. The fourth-order valence-corrected chi connectivity index (χ4v) is 3.54. The van der Waals surface area contributed by atoms with Crippen LogP contribution in [-0.4, -0.2) is 46.2 Å². The summed E-state index contributed by atoms with van der Waals surface area (Å²) in [5, 5.41) is 0.814. The summed E-state index contributed by atoms with van der Waals surface area (Å²) in [5.41, 5.74) is 1.41. The van der Waals surface area contributed by atoms with Crippen LogP contribution in [0.4, 0.5) is 0 Å². The Bertz CT molecular complexity index is 974. The number of nitrogens with one attached hydrogen (secondary N) is 1. The largest absolute Gasteiger partial charge is 0.451 e. The number of rotatable bonds is 6. The molecular formula is C19H19N3O4S. The number of para-hydroxylation sites is 1. The Hall–Kier alpha value is -3.00. The third-order valence-corrected chi connectivity index (χ3v) is 5.49. The van der Waals surface area contributed by atoms with Crippen LogP contribution < -0.4 is 0 Å². The van der Waals surface area contributed by atoms with E-state index in [4.69, 9.17) is 4.74 Å². The molecule has 3 rings (SSSR count). The van der Waals surface area contributed by atoms with Crippen molar-refractivity contribution in [3.63, 3.8) is 0 Å². The lowest BCUT2D eigenvalue weighted by Crippen LogP contribution is -2.33. The predicted molar refractivity (Wildman–Crippen MR) is 102 cm³/mol. The first kappa shape index (κ1) is 18.8. The smallest absolute Gasteiger partial charge is 0.355 e. The number of benzene rings is 1. The summed E-state index contributed by atoms with van der Waals surface area (Å²) in [6.45, 7) is 2.89. The van der Waals surface area contributed by atoms with E-state index in [2.05, 4.69) is 9.97 Å². The maximum absolute atomic E-state index is 12.4. The van der Waals surface area contributed by atoms with Gasteiger partial charge < -0.3 is 14.6 Å². The van der Waals surface area contributed by atoms with E-state index in [1.54, 1.807) is 7.05 Å². The van der Waals surface area contributed by atoms with Gasteiger partial charge >= 0.3 is 5.97 Å². The number of likely N-dealkylation sites (N-methyl/N-ethyl adjacent to an activating group) is 1. The Morgan fingerprint density at radius 2 is 2.04 bits per heavy atom. The molecule has 0 bridgehead atoms. The average molecular weight is 385 g/mol. The van der Waals surface area contributed by atoms with Gasteiger partial charge in [0.15, 0.2) is 12.4 Å². The minimum Gasteiger partial charge on any atom is -0.451 e. The molecule has 0 aliphatic rings. The molecule has 0 saturated carbocycles. The molecule has 0 aliphatic carbocycles. The van der Waals surface area contributed by atoms with Crippen LogP contribution in [-0.2, 0) is 9.53 Å². The number of thiazole rings is 1. The number of ketones is 1. The number of aromatic amines is 1. The minimum atomic E-state index is -0.683. The quantitative estimate of drug-likeness (QED) is 0.520. The molecule has 2 heterocycles. The van der Waals surface area contributed by atoms with Crippen LogP contribution in [0.2, 0.25) is 0 Å². The maximum Gasteiger partial charge on any atom is 0.355 e. The highest BCUT2D eigenvalue weighted by Crippen LogP contribution is 2.28. The molecule has 0 radical (unpaired) electrons. The summed E-state index contributed by atoms with van der Waals surface area (Å²) in [6.07, 6.45) is 1.43. The molecule has 1 N–H and O–H groups in total. The van der Waals surface area contributed by atoms with Crippen LogP contribution in [0.1, 0.15) is 45.7 Å². The van der Waals surface area contributed by atoms with Crippen molar-refractivity contribution < 1.29 is 19.1 Å². The van der Waals surface area contributed by atoms with Gasteiger partial charge in [0.05, 0.1) is 16.3 Å². The van der Waals surface area contributed by atoms with Crippen molar-refractivity contribution >= 4 is 39.2 Å². The number of carbonyl (C=O) groups excluding carboxylic acids is 3. The van der Waals surface area contributed by atoms with Crippen LogP contribution in [0.3, 0.4) is 0 Å². The lowest BCUT2D eigenvalue weighted by Gasteiger charge is -2.22. The van der Waals surface area contributed by atoms with Crippen LogP contribution >= 0.6 is 11.3 Å². The minimum absolute atomic E-state index is 0.134. The first-order chi connectivity index (χ1) is 12.9. The molecule has 0 spiro atoms. The zero-order valence-corrected chi connectivity index (χ0v) is 16.0. The van der Waals surface area contributed by atoms with E-state index in [1.807, 2.05) is 31.2 Å².